The Balaban J connectivity index is 1.41. The number of H-pyrrole nitrogens is 1. The third-order valence-electron chi connectivity index (χ3n) is 6.14. The lowest BCUT2D eigenvalue weighted by molar-refractivity contribution is 0.0767. The topological polar surface area (TPSA) is 70.1 Å². The van der Waals surface area contributed by atoms with Crippen molar-refractivity contribution in [2.24, 2.45) is 5.41 Å². The van der Waals surface area contributed by atoms with Crippen molar-refractivity contribution in [1.29, 1.82) is 0 Å². The highest BCUT2D eigenvalue weighted by Gasteiger charge is 2.44. The maximum Gasteiger partial charge on any atom is 0.274 e. The molecule has 146 valence electrons. The van der Waals surface area contributed by atoms with Crippen molar-refractivity contribution in [2.75, 3.05) is 32.7 Å². The number of carbonyl (C=O) groups excluding carboxylic acids is 1. The van der Waals surface area contributed by atoms with E-state index in [1.807, 2.05) is 23.4 Å². The van der Waals surface area contributed by atoms with E-state index in [9.17, 15) is 4.79 Å². The van der Waals surface area contributed by atoms with Gasteiger partial charge >= 0.3 is 0 Å². The van der Waals surface area contributed by atoms with Crippen LogP contribution in [0.15, 0.2) is 18.5 Å². The van der Waals surface area contributed by atoms with Crippen molar-refractivity contribution in [1.82, 2.24) is 29.5 Å². The maximum atomic E-state index is 12.9. The maximum absolute atomic E-state index is 12.9. The van der Waals surface area contributed by atoms with E-state index in [2.05, 4.69) is 45.4 Å². The lowest BCUT2D eigenvalue weighted by Gasteiger charge is -2.24. The summed E-state index contributed by atoms with van der Waals surface area (Å²) in [6.07, 6.45) is 6.11. The summed E-state index contributed by atoms with van der Waals surface area (Å²) < 4.78 is 2.11. The first-order valence-electron chi connectivity index (χ1n) is 10.1. The van der Waals surface area contributed by atoms with E-state index in [1.54, 1.807) is 0 Å². The van der Waals surface area contributed by atoms with Crippen LogP contribution in [0.1, 0.15) is 61.5 Å². The smallest absolute Gasteiger partial charge is 0.274 e. The second-order valence-electron chi connectivity index (χ2n) is 8.44. The molecule has 2 aromatic heterocycles. The summed E-state index contributed by atoms with van der Waals surface area (Å²) in [6.45, 7) is 12.2. The molecule has 7 nitrogen and oxygen atoms in total. The van der Waals surface area contributed by atoms with Crippen LogP contribution in [0.5, 0.6) is 0 Å². The Morgan fingerprint density at radius 2 is 2.11 bits per heavy atom. The highest BCUT2D eigenvalue weighted by molar-refractivity contribution is 5.92. The average Bonchev–Trinajstić information content (AvgIpc) is 3.43. The third kappa shape index (κ3) is 3.52. The fourth-order valence-corrected chi connectivity index (χ4v) is 4.59. The van der Waals surface area contributed by atoms with Gasteiger partial charge in [0.25, 0.3) is 5.91 Å². The van der Waals surface area contributed by atoms with Gasteiger partial charge in [0.1, 0.15) is 11.5 Å². The fourth-order valence-electron chi connectivity index (χ4n) is 4.59. The first kappa shape index (κ1) is 18.2. The molecule has 2 aliphatic heterocycles. The highest BCUT2D eigenvalue weighted by Crippen LogP contribution is 2.39. The lowest BCUT2D eigenvalue weighted by Crippen LogP contribution is -2.34. The molecule has 1 spiro atoms. The number of aromatic amines is 1. The number of hydrogen-bond donors (Lipinski definition) is 1. The average molecular weight is 371 g/mol. The Morgan fingerprint density at radius 3 is 2.85 bits per heavy atom. The molecular weight excluding hydrogens is 340 g/mol. The molecule has 1 N–H and O–H groups in total. The molecule has 1 amide bonds. The molecule has 0 unspecified atom stereocenters. The van der Waals surface area contributed by atoms with Crippen molar-refractivity contribution in [2.45, 2.75) is 46.1 Å². The van der Waals surface area contributed by atoms with Crippen LogP contribution in [0.3, 0.4) is 0 Å². The summed E-state index contributed by atoms with van der Waals surface area (Å²) in [5.74, 6) is 1.46. The van der Waals surface area contributed by atoms with E-state index in [4.69, 9.17) is 0 Å². The number of likely N-dealkylation sites (tertiary alicyclic amines) is 2. The predicted octanol–water partition coefficient (Wildman–Crippen LogP) is 2.34. The molecule has 2 aromatic rings. The van der Waals surface area contributed by atoms with E-state index in [1.165, 1.54) is 6.42 Å². The normalized spacial score (nSPS) is 23.2. The minimum absolute atomic E-state index is 0.0547. The van der Waals surface area contributed by atoms with Gasteiger partial charge in [-0.1, -0.05) is 20.8 Å². The summed E-state index contributed by atoms with van der Waals surface area (Å²) in [4.78, 5) is 21.9. The van der Waals surface area contributed by atoms with Crippen LogP contribution in [0.25, 0.3) is 0 Å². The Hall–Kier alpha value is -2.15. The summed E-state index contributed by atoms with van der Waals surface area (Å²) in [6, 6.07) is 1.89. The fraction of sp³-hybridized carbons (Fsp3) is 0.650. The molecule has 7 heteroatoms. The van der Waals surface area contributed by atoms with Crippen LogP contribution < -0.4 is 0 Å². The van der Waals surface area contributed by atoms with Crippen molar-refractivity contribution in [3.05, 3.63) is 35.7 Å². The Morgan fingerprint density at radius 1 is 1.30 bits per heavy atom. The monoisotopic (exact) mass is 370 g/mol. The summed E-state index contributed by atoms with van der Waals surface area (Å²) >= 11 is 0. The van der Waals surface area contributed by atoms with Crippen LogP contribution in [0, 0.1) is 5.41 Å². The van der Waals surface area contributed by atoms with Gasteiger partial charge in [-0.15, -0.1) is 0 Å². The van der Waals surface area contributed by atoms with Gasteiger partial charge in [-0.3, -0.25) is 9.89 Å². The summed E-state index contributed by atoms with van der Waals surface area (Å²) in [7, 11) is 0. The second-order valence-corrected chi connectivity index (χ2v) is 8.44. The van der Waals surface area contributed by atoms with Gasteiger partial charge in [-0.05, 0) is 32.0 Å². The van der Waals surface area contributed by atoms with E-state index in [-0.39, 0.29) is 5.91 Å². The molecule has 2 fully saturated rings. The molecule has 0 radical (unpaired) electrons. The van der Waals surface area contributed by atoms with Gasteiger partial charge in [0, 0.05) is 43.4 Å². The molecular formula is C20H30N6O. The molecule has 27 heavy (non-hydrogen) atoms. The number of carbonyl (C=O) groups is 1. The standard InChI is InChI=1S/C20H30N6O/c1-4-24-8-5-20(13-24)6-9-26(14-20)19(27)17-11-16(22-23-17)12-25-10-7-21-18(25)15(2)3/h7,10-11,15H,4-6,8-9,12-14H2,1-3H3,(H,22,23)/t20-/m0/s1. The number of nitrogens with zero attached hydrogens (tertiary/aromatic N) is 5. The Kier molecular flexibility index (Phi) is 4.80. The van der Waals surface area contributed by atoms with Crippen LogP contribution in [-0.4, -0.2) is 68.2 Å². The van der Waals surface area contributed by atoms with Crippen LogP contribution >= 0.6 is 0 Å². The van der Waals surface area contributed by atoms with E-state index in [0.717, 1.165) is 50.7 Å². The minimum Gasteiger partial charge on any atom is -0.337 e. The van der Waals surface area contributed by atoms with Gasteiger partial charge in [0.05, 0.1) is 12.2 Å². The minimum atomic E-state index is 0.0547. The number of nitrogens with one attached hydrogen (secondary N) is 1. The van der Waals surface area contributed by atoms with Crippen molar-refractivity contribution in [3.8, 4) is 0 Å². The molecule has 0 bridgehead atoms. The number of rotatable bonds is 5. The van der Waals surface area contributed by atoms with Gasteiger partial charge < -0.3 is 14.4 Å². The summed E-state index contributed by atoms with van der Waals surface area (Å²) in [5, 5.41) is 7.34. The largest absolute Gasteiger partial charge is 0.337 e. The van der Waals surface area contributed by atoms with Crippen molar-refractivity contribution >= 4 is 5.91 Å². The molecule has 0 saturated carbocycles. The molecule has 4 rings (SSSR count). The first-order chi connectivity index (χ1) is 13.0. The van der Waals surface area contributed by atoms with Gasteiger partial charge in [0.2, 0.25) is 0 Å². The zero-order chi connectivity index (χ0) is 19.0. The molecule has 2 aliphatic rings. The van der Waals surface area contributed by atoms with E-state index in [0.29, 0.717) is 23.6 Å². The zero-order valence-corrected chi connectivity index (χ0v) is 16.6. The number of amides is 1. The van der Waals surface area contributed by atoms with Gasteiger partial charge in [-0.2, -0.15) is 5.10 Å². The number of hydrogen-bond acceptors (Lipinski definition) is 4. The second kappa shape index (κ2) is 7.11. The van der Waals surface area contributed by atoms with Crippen molar-refractivity contribution < 1.29 is 4.79 Å². The molecule has 0 aliphatic carbocycles. The molecule has 1 atom stereocenters. The quantitative estimate of drug-likeness (QED) is 0.877. The summed E-state index contributed by atoms with van der Waals surface area (Å²) in [5.41, 5.74) is 1.76. The lowest BCUT2D eigenvalue weighted by atomic mass is 9.86. The van der Waals surface area contributed by atoms with Crippen LogP contribution in [0.4, 0.5) is 0 Å². The number of imidazole rings is 1. The van der Waals surface area contributed by atoms with Crippen LogP contribution in [0.2, 0.25) is 0 Å². The third-order valence-corrected chi connectivity index (χ3v) is 6.14. The SMILES string of the molecule is CCN1CC[C@]2(CCN(C(=O)c3cc(Cn4ccnc4C(C)C)[nH]n3)C2)C1. The number of aromatic nitrogens is 4. The first-order valence-corrected chi connectivity index (χ1v) is 10.1. The predicted molar refractivity (Wildman–Crippen MR) is 104 cm³/mol. The van der Waals surface area contributed by atoms with E-state index < -0.39 is 0 Å². The Bertz CT molecular complexity index is 809. The van der Waals surface area contributed by atoms with Crippen LogP contribution in [-0.2, 0) is 6.54 Å². The highest BCUT2D eigenvalue weighted by atomic mass is 16.2. The zero-order valence-electron chi connectivity index (χ0n) is 16.6. The Labute approximate surface area is 160 Å². The van der Waals surface area contributed by atoms with Gasteiger partial charge in [-0.25, -0.2) is 4.98 Å². The molecule has 2 saturated heterocycles. The molecule has 0 aromatic carbocycles. The van der Waals surface area contributed by atoms with E-state index >= 15 is 0 Å². The van der Waals surface area contributed by atoms with Gasteiger partial charge in [0.15, 0.2) is 0 Å². The molecule has 4 heterocycles. The van der Waals surface area contributed by atoms with Crippen molar-refractivity contribution in [3.63, 3.8) is 0 Å².